The van der Waals surface area contributed by atoms with E-state index in [1.54, 1.807) is 25.1 Å². The summed E-state index contributed by atoms with van der Waals surface area (Å²) in [5, 5.41) is 21.2. The van der Waals surface area contributed by atoms with E-state index in [2.05, 4.69) is 0 Å². The van der Waals surface area contributed by atoms with Crippen LogP contribution in [0.1, 0.15) is 30.7 Å². The molecule has 2 aromatic heterocycles. The van der Waals surface area contributed by atoms with Gasteiger partial charge in [0.05, 0.1) is 28.4 Å². The van der Waals surface area contributed by atoms with Crippen LogP contribution in [0, 0.1) is 0 Å². The number of nitrogens with zero attached hydrogens (tertiary/aromatic N) is 2. The molecule has 2 N–H and O–H groups in total. The Morgan fingerprint density at radius 1 is 1.15 bits per heavy atom. The summed E-state index contributed by atoms with van der Waals surface area (Å²) in [5.41, 5.74) is -0.301. The van der Waals surface area contributed by atoms with Gasteiger partial charge in [-0.25, -0.2) is 0 Å². The maximum Gasteiger partial charge on any atom is 0.279 e. The third kappa shape index (κ3) is 3.23. The average molecular weight is 395 g/mol. The van der Waals surface area contributed by atoms with Gasteiger partial charge in [-0.15, -0.1) is 0 Å². The molecule has 0 aliphatic heterocycles. The van der Waals surface area contributed by atoms with E-state index in [4.69, 9.17) is 23.2 Å². The van der Waals surface area contributed by atoms with Gasteiger partial charge in [0.1, 0.15) is 0 Å². The predicted molar refractivity (Wildman–Crippen MR) is 100 cm³/mol. The topological polar surface area (TPSA) is 83.9 Å². The highest BCUT2D eigenvalue weighted by molar-refractivity contribution is 6.42. The van der Waals surface area contributed by atoms with Crippen LogP contribution < -0.4 is 11.0 Å². The maximum absolute atomic E-state index is 12.8. The Kier molecular flexibility index (Phi) is 5.09. The molecule has 1 unspecified atom stereocenters. The Morgan fingerprint density at radius 2 is 1.88 bits per heavy atom. The third-order valence-corrected chi connectivity index (χ3v) is 4.91. The first-order valence-electron chi connectivity index (χ1n) is 7.93. The highest BCUT2D eigenvalue weighted by Gasteiger charge is 2.18. The van der Waals surface area contributed by atoms with Crippen LogP contribution in [0.2, 0.25) is 10.0 Å². The second-order valence-electron chi connectivity index (χ2n) is 5.91. The van der Waals surface area contributed by atoms with Crippen LogP contribution in [0.4, 0.5) is 0 Å². The van der Waals surface area contributed by atoms with Crippen molar-refractivity contribution < 1.29 is 10.2 Å². The molecule has 1 aromatic carbocycles. The minimum atomic E-state index is -0.875. The molecule has 0 saturated carbocycles. The number of aliphatic hydroxyl groups excluding tert-OH is 1. The van der Waals surface area contributed by atoms with Crippen LogP contribution in [0.3, 0.4) is 0 Å². The van der Waals surface area contributed by atoms with Crippen molar-refractivity contribution in [2.75, 3.05) is 0 Å². The van der Waals surface area contributed by atoms with E-state index in [-0.39, 0.29) is 12.1 Å². The van der Waals surface area contributed by atoms with Crippen LogP contribution in [-0.4, -0.2) is 19.2 Å². The summed E-state index contributed by atoms with van der Waals surface area (Å²) in [6, 6.07) is 6.12. The third-order valence-electron chi connectivity index (χ3n) is 4.17. The van der Waals surface area contributed by atoms with Crippen molar-refractivity contribution in [2.24, 2.45) is 0 Å². The number of pyridine rings is 1. The molecule has 1 atom stereocenters. The predicted octanol–water partition coefficient (Wildman–Crippen LogP) is 2.97. The van der Waals surface area contributed by atoms with Crippen molar-refractivity contribution in [3.05, 3.63) is 78.5 Å². The minimum absolute atomic E-state index is 0.137. The van der Waals surface area contributed by atoms with E-state index in [0.717, 1.165) is 6.07 Å². The van der Waals surface area contributed by atoms with E-state index < -0.39 is 22.8 Å². The lowest BCUT2D eigenvalue weighted by molar-refractivity contribution is 0.166. The van der Waals surface area contributed by atoms with Gasteiger partial charge in [0.15, 0.2) is 11.3 Å². The molecule has 0 radical (unpaired) electrons. The fourth-order valence-corrected chi connectivity index (χ4v) is 3.09. The van der Waals surface area contributed by atoms with Gasteiger partial charge in [-0.05, 0) is 24.1 Å². The lowest BCUT2D eigenvalue weighted by Gasteiger charge is -2.17. The number of aliphatic hydroxyl groups is 1. The molecular weight excluding hydrogens is 379 g/mol. The van der Waals surface area contributed by atoms with Gasteiger partial charge in [-0.1, -0.05) is 36.2 Å². The van der Waals surface area contributed by atoms with Crippen molar-refractivity contribution in [2.45, 2.75) is 26.0 Å². The van der Waals surface area contributed by atoms with Gasteiger partial charge >= 0.3 is 0 Å². The number of hydrogen-bond acceptors (Lipinski definition) is 4. The number of rotatable bonds is 4. The first kappa shape index (κ1) is 18.5. The number of benzene rings is 1. The van der Waals surface area contributed by atoms with E-state index in [1.807, 2.05) is 0 Å². The summed E-state index contributed by atoms with van der Waals surface area (Å²) in [6.07, 6.45) is 2.40. The van der Waals surface area contributed by atoms with E-state index in [9.17, 15) is 19.8 Å². The molecule has 0 aliphatic rings. The van der Waals surface area contributed by atoms with Crippen molar-refractivity contribution in [1.29, 1.82) is 0 Å². The van der Waals surface area contributed by atoms with Gasteiger partial charge in [0, 0.05) is 18.5 Å². The second-order valence-corrected chi connectivity index (χ2v) is 6.72. The van der Waals surface area contributed by atoms with E-state index in [1.165, 1.54) is 21.4 Å². The molecule has 2 heterocycles. The first-order valence-corrected chi connectivity index (χ1v) is 8.68. The molecule has 0 amide bonds. The lowest BCUT2D eigenvalue weighted by atomic mass is 10.1. The van der Waals surface area contributed by atoms with Gasteiger partial charge in [-0.3, -0.25) is 9.59 Å². The quantitative estimate of drug-likeness (QED) is 0.712. The zero-order chi connectivity index (χ0) is 19.0. The fraction of sp³-hybridized carbons (Fsp3) is 0.222. The second kappa shape index (κ2) is 7.15. The average Bonchev–Trinajstić information content (AvgIpc) is 2.62. The molecule has 3 aromatic rings. The molecule has 0 bridgehead atoms. The summed E-state index contributed by atoms with van der Waals surface area (Å²) >= 11 is 11.9. The van der Waals surface area contributed by atoms with Crippen molar-refractivity contribution in [1.82, 2.24) is 8.97 Å². The number of hydrogen-bond donors (Lipinski definition) is 2. The molecule has 0 saturated heterocycles. The SMILES string of the molecule is CCC(O)c1cn(Cc2ccc(Cl)c(Cl)c2)c(=O)c2c(O)c(=O)ccn12. The molecular formula is C18H16Cl2N2O4. The Hall–Kier alpha value is -2.28. The van der Waals surface area contributed by atoms with Gasteiger partial charge in [0.25, 0.3) is 5.56 Å². The molecule has 136 valence electrons. The number of aromatic nitrogens is 2. The standard InChI is InChI=1S/C18H16Cl2N2O4/c1-2-14(23)13-9-21(8-10-3-4-11(19)12(20)7-10)18(26)16-17(25)15(24)5-6-22(13)16/h3-7,9,14,23,25H,2,8H2,1H3. The van der Waals surface area contributed by atoms with Crippen LogP contribution >= 0.6 is 23.2 Å². The van der Waals surface area contributed by atoms with Gasteiger partial charge in [-0.2, -0.15) is 0 Å². The van der Waals surface area contributed by atoms with Crippen LogP contribution in [0.5, 0.6) is 5.75 Å². The summed E-state index contributed by atoms with van der Waals surface area (Å²) in [7, 11) is 0. The molecule has 0 aliphatic carbocycles. The van der Waals surface area contributed by atoms with Crippen molar-refractivity contribution in [3.8, 4) is 5.75 Å². The minimum Gasteiger partial charge on any atom is -0.503 e. The van der Waals surface area contributed by atoms with Gasteiger partial charge < -0.3 is 19.2 Å². The fourth-order valence-electron chi connectivity index (χ4n) is 2.77. The molecule has 0 fully saturated rings. The Morgan fingerprint density at radius 3 is 2.54 bits per heavy atom. The Bertz CT molecular complexity index is 1100. The smallest absolute Gasteiger partial charge is 0.279 e. The van der Waals surface area contributed by atoms with Crippen molar-refractivity contribution >= 4 is 28.7 Å². The molecule has 0 spiro atoms. The monoisotopic (exact) mass is 394 g/mol. The summed E-state index contributed by atoms with van der Waals surface area (Å²) in [6.45, 7) is 1.92. The van der Waals surface area contributed by atoms with E-state index in [0.29, 0.717) is 27.7 Å². The number of halogens is 2. The van der Waals surface area contributed by atoms with Crippen LogP contribution in [-0.2, 0) is 6.54 Å². The highest BCUT2D eigenvalue weighted by Crippen LogP contribution is 2.24. The molecule has 8 heteroatoms. The number of aromatic hydroxyl groups is 1. The molecule has 26 heavy (non-hydrogen) atoms. The summed E-state index contributed by atoms with van der Waals surface area (Å²) in [5.74, 6) is -0.648. The number of fused-ring (bicyclic) bond motifs is 1. The van der Waals surface area contributed by atoms with Crippen molar-refractivity contribution in [3.63, 3.8) is 0 Å². The zero-order valence-corrected chi connectivity index (χ0v) is 15.3. The largest absolute Gasteiger partial charge is 0.503 e. The Labute approximate surface area is 158 Å². The van der Waals surface area contributed by atoms with Crippen LogP contribution in [0.15, 0.2) is 46.2 Å². The summed E-state index contributed by atoms with van der Waals surface area (Å²) < 4.78 is 2.67. The van der Waals surface area contributed by atoms with Gasteiger partial charge in [0.2, 0.25) is 5.43 Å². The normalized spacial score (nSPS) is 12.5. The maximum atomic E-state index is 12.8. The Balaban J connectivity index is 2.26. The molecule has 6 nitrogen and oxygen atoms in total. The summed E-state index contributed by atoms with van der Waals surface area (Å²) in [4.78, 5) is 24.6. The lowest BCUT2D eigenvalue weighted by Crippen LogP contribution is -2.27. The first-order chi connectivity index (χ1) is 12.3. The van der Waals surface area contributed by atoms with Crippen LogP contribution in [0.25, 0.3) is 5.52 Å². The zero-order valence-electron chi connectivity index (χ0n) is 13.8. The molecule has 3 rings (SSSR count). The van der Waals surface area contributed by atoms with E-state index >= 15 is 0 Å². The highest BCUT2D eigenvalue weighted by atomic mass is 35.5.